The van der Waals surface area contributed by atoms with E-state index in [2.05, 4.69) is 15.3 Å². The number of nitrogens with zero attached hydrogens (tertiary/aromatic N) is 6. The van der Waals surface area contributed by atoms with Crippen molar-refractivity contribution in [2.24, 2.45) is 0 Å². The Balaban J connectivity index is 0.000000282. The van der Waals surface area contributed by atoms with Crippen LogP contribution < -0.4 is 10.2 Å². The quantitative estimate of drug-likeness (QED) is 0.287. The molecule has 11 nitrogen and oxygen atoms in total. The van der Waals surface area contributed by atoms with Crippen LogP contribution in [-0.2, 0) is 17.1 Å². The number of rotatable bonds is 5. The van der Waals surface area contributed by atoms with Gasteiger partial charge in [-0.3, -0.25) is 0 Å². The van der Waals surface area contributed by atoms with Crippen molar-refractivity contribution in [3.05, 3.63) is 127 Å². The van der Waals surface area contributed by atoms with E-state index in [1.807, 2.05) is 36.8 Å². The van der Waals surface area contributed by atoms with Gasteiger partial charge in [-0.1, -0.05) is 60.7 Å². The molecule has 0 aliphatic rings. The van der Waals surface area contributed by atoms with Crippen LogP contribution in [-0.4, -0.2) is 46.8 Å². The Hall–Kier alpha value is -4.51. The zero-order valence-electron chi connectivity index (χ0n) is 18.7. The predicted molar refractivity (Wildman–Crippen MR) is 122 cm³/mol. The summed E-state index contributed by atoms with van der Waals surface area (Å²) in [5, 5.41) is 32.9. The number of aromatic carboxylic acids is 2. The Morgan fingerprint density at radius 1 is 0.583 bits per heavy atom. The van der Waals surface area contributed by atoms with Crippen molar-refractivity contribution in [2.45, 2.75) is 6.29 Å². The van der Waals surface area contributed by atoms with E-state index in [-0.39, 0.29) is 40.0 Å². The molecule has 0 saturated heterocycles. The third-order valence-electron chi connectivity index (χ3n) is 4.30. The van der Waals surface area contributed by atoms with E-state index in [9.17, 15) is 19.8 Å². The van der Waals surface area contributed by atoms with Crippen molar-refractivity contribution in [1.29, 1.82) is 0 Å². The first kappa shape index (κ1) is 29.5. The molecule has 0 aliphatic heterocycles. The fourth-order valence-electron chi connectivity index (χ4n) is 2.76. The second-order valence-corrected chi connectivity index (χ2v) is 6.61. The molecule has 0 unspecified atom stereocenters. The summed E-state index contributed by atoms with van der Waals surface area (Å²) in [4.78, 5) is 20.2. The standard InChI is InChI=1S/C10H10N6.2C7H6O2.Cu.H2O/c1-4-11-14(7-1)10(15-8-2-5-12-15)16-9-3-6-13-16;2*8-7(9)6-4-2-1-3-5-6;;/h1-10H;2*1-5H,(H,8,9);;1H2/q;;;+2;/p-2. The third kappa shape index (κ3) is 8.69. The third-order valence-corrected chi connectivity index (χ3v) is 4.30. The van der Waals surface area contributed by atoms with Gasteiger partial charge >= 0.3 is 17.1 Å². The van der Waals surface area contributed by atoms with E-state index in [0.717, 1.165) is 0 Å². The maximum absolute atomic E-state index is 10.1. The first-order valence-corrected chi connectivity index (χ1v) is 10.1. The molecule has 0 atom stereocenters. The molecule has 3 heterocycles. The fourth-order valence-corrected chi connectivity index (χ4v) is 2.76. The molecule has 1 radical (unpaired) electrons. The maximum atomic E-state index is 10.1. The van der Waals surface area contributed by atoms with Gasteiger partial charge < -0.3 is 25.3 Å². The Labute approximate surface area is 217 Å². The topological polar surface area (TPSA) is 165 Å². The van der Waals surface area contributed by atoms with Crippen LogP contribution in [0.25, 0.3) is 0 Å². The van der Waals surface area contributed by atoms with Crippen molar-refractivity contribution in [3.63, 3.8) is 0 Å². The van der Waals surface area contributed by atoms with Crippen LogP contribution in [0.15, 0.2) is 116 Å². The minimum atomic E-state index is -1.13. The molecule has 3 aromatic heterocycles. The van der Waals surface area contributed by atoms with Crippen LogP contribution in [0.2, 0.25) is 0 Å². The molecular weight excluding hydrogens is 516 g/mol. The maximum Gasteiger partial charge on any atom is 2.00 e. The van der Waals surface area contributed by atoms with Gasteiger partial charge in [0.25, 0.3) is 0 Å². The van der Waals surface area contributed by atoms with Gasteiger partial charge in [0, 0.05) is 37.2 Å². The van der Waals surface area contributed by atoms with Crippen LogP contribution >= 0.6 is 0 Å². The monoisotopic (exact) mass is 537 g/mol. The van der Waals surface area contributed by atoms with E-state index in [4.69, 9.17) is 0 Å². The summed E-state index contributed by atoms with van der Waals surface area (Å²) in [6.07, 6.45) is 10.7. The number of carboxylic acids is 2. The van der Waals surface area contributed by atoms with Crippen LogP contribution in [0.1, 0.15) is 27.0 Å². The number of aromatic nitrogens is 6. The molecule has 0 spiro atoms. The molecule has 5 aromatic rings. The SMILES string of the molecule is O.O=C([O-])c1ccccc1.O=C([O-])c1ccccc1.[Cu+2].c1cnn(C(n2cccn2)n2cccn2)c1. The number of hydrogen-bond donors (Lipinski definition) is 0. The Morgan fingerprint density at radius 3 is 1.08 bits per heavy atom. The van der Waals surface area contributed by atoms with Crippen LogP contribution in [0.5, 0.6) is 0 Å². The number of carbonyl (C=O) groups is 2. The second kappa shape index (κ2) is 15.4. The molecule has 0 fully saturated rings. The zero-order chi connectivity index (χ0) is 24.2. The molecular formula is C24H22CuN6O5. The predicted octanol–water partition coefficient (Wildman–Crippen LogP) is 0.102. The number of carboxylic acid groups (broad SMARTS) is 2. The molecule has 2 N–H and O–H groups in total. The van der Waals surface area contributed by atoms with E-state index in [1.54, 1.807) is 69.0 Å². The van der Waals surface area contributed by atoms with Gasteiger partial charge in [0.1, 0.15) is 0 Å². The summed E-state index contributed by atoms with van der Waals surface area (Å²) >= 11 is 0. The normalized spacial score (nSPS) is 9.36. The Morgan fingerprint density at radius 2 is 0.889 bits per heavy atom. The Kier molecular flexibility index (Phi) is 12.6. The first-order chi connectivity index (χ1) is 16.6. The average molecular weight is 538 g/mol. The summed E-state index contributed by atoms with van der Waals surface area (Å²) < 4.78 is 5.38. The molecule has 2 aromatic carbocycles. The Bertz CT molecular complexity index is 1120. The van der Waals surface area contributed by atoms with Crippen molar-refractivity contribution in [2.75, 3.05) is 0 Å². The molecule has 12 heteroatoms. The van der Waals surface area contributed by atoms with Gasteiger partial charge in [-0.05, 0) is 29.3 Å². The molecule has 5 rings (SSSR count). The van der Waals surface area contributed by atoms with Crippen molar-refractivity contribution in [1.82, 2.24) is 29.3 Å². The summed E-state index contributed by atoms with van der Waals surface area (Å²) in [6, 6.07) is 21.8. The minimum absolute atomic E-state index is 0. The largest absolute Gasteiger partial charge is 2.00 e. The first-order valence-electron chi connectivity index (χ1n) is 10.1. The minimum Gasteiger partial charge on any atom is -0.545 e. The van der Waals surface area contributed by atoms with Crippen molar-refractivity contribution in [3.8, 4) is 0 Å². The van der Waals surface area contributed by atoms with Gasteiger partial charge in [-0.2, -0.15) is 15.3 Å². The summed E-state index contributed by atoms with van der Waals surface area (Å²) in [5.74, 6) is -2.26. The van der Waals surface area contributed by atoms with Gasteiger partial charge in [-0.15, -0.1) is 0 Å². The van der Waals surface area contributed by atoms with Crippen LogP contribution in [0, 0.1) is 0 Å². The smallest absolute Gasteiger partial charge is 0.545 e. The number of hydrogen-bond acceptors (Lipinski definition) is 7. The molecule has 0 bridgehead atoms. The van der Waals surface area contributed by atoms with Crippen LogP contribution in [0.3, 0.4) is 0 Å². The van der Waals surface area contributed by atoms with E-state index in [0.29, 0.717) is 0 Å². The van der Waals surface area contributed by atoms with E-state index < -0.39 is 11.9 Å². The summed E-state index contributed by atoms with van der Waals surface area (Å²) in [5.41, 5.74) is 0.440. The van der Waals surface area contributed by atoms with Gasteiger partial charge in [-0.25, -0.2) is 14.0 Å². The zero-order valence-corrected chi connectivity index (χ0v) is 19.6. The van der Waals surface area contributed by atoms with Crippen molar-refractivity contribution < 1.29 is 42.3 Å². The van der Waals surface area contributed by atoms with Crippen molar-refractivity contribution >= 4 is 11.9 Å². The average Bonchev–Trinajstić information content (AvgIpc) is 3.66. The fraction of sp³-hybridized carbons (Fsp3) is 0.0417. The van der Waals surface area contributed by atoms with Gasteiger partial charge in [0.15, 0.2) is 0 Å². The molecule has 189 valence electrons. The summed E-state index contributed by atoms with van der Waals surface area (Å²) in [7, 11) is 0. The molecule has 0 aliphatic carbocycles. The summed E-state index contributed by atoms with van der Waals surface area (Å²) in [6.45, 7) is 0. The molecule has 36 heavy (non-hydrogen) atoms. The van der Waals surface area contributed by atoms with Gasteiger partial charge in [0.05, 0.1) is 11.9 Å². The van der Waals surface area contributed by atoms with E-state index >= 15 is 0 Å². The molecule has 0 amide bonds. The number of carbonyl (C=O) groups excluding carboxylic acids is 2. The number of benzene rings is 2. The molecule has 0 saturated carbocycles. The van der Waals surface area contributed by atoms with Crippen LogP contribution in [0.4, 0.5) is 0 Å². The second-order valence-electron chi connectivity index (χ2n) is 6.61. The van der Waals surface area contributed by atoms with E-state index in [1.165, 1.54) is 24.3 Å². The van der Waals surface area contributed by atoms with Gasteiger partial charge in [0.2, 0.25) is 6.29 Å².